The highest BCUT2D eigenvalue weighted by molar-refractivity contribution is 7.65. The maximum atomic E-state index is 12.7. The summed E-state index contributed by atoms with van der Waals surface area (Å²) in [6, 6.07) is 9.39. The Balaban J connectivity index is 2.50. The second-order valence-corrected chi connectivity index (χ2v) is 6.30. The Morgan fingerprint density at radius 1 is 1.33 bits per heavy atom. The van der Waals surface area contributed by atoms with Crippen molar-refractivity contribution in [1.29, 1.82) is 0 Å². The molecular weight excluding hydrogens is 271 g/mol. The van der Waals surface area contributed by atoms with Crippen molar-refractivity contribution in [2.24, 2.45) is 0 Å². The molecule has 2 rings (SSSR count). The lowest BCUT2D eigenvalue weighted by Gasteiger charge is -2.15. The second kappa shape index (κ2) is 5.58. The van der Waals surface area contributed by atoms with Gasteiger partial charge in [0, 0.05) is 0 Å². The van der Waals surface area contributed by atoms with Crippen LogP contribution in [0.3, 0.4) is 0 Å². The molecule has 0 spiro atoms. The molecule has 0 amide bonds. The highest BCUT2D eigenvalue weighted by atomic mass is 35.5. The lowest BCUT2D eigenvalue weighted by molar-refractivity contribution is 0.191. The van der Waals surface area contributed by atoms with Gasteiger partial charge >= 0.3 is 7.60 Å². The minimum Gasteiger partial charge on any atom is -0.305 e. The molecule has 0 unspecified atom stereocenters. The van der Waals surface area contributed by atoms with E-state index in [1.54, 1.807) is 6.92 Å². The predicted octanol–water partition coefficient (Wildman–Crippen LogP) is 4.63. The molecule has 0 aliphatic carbocycles. The molecule has 0 N–H and O–H groups in total. The first-order valence-corrected chi connectivity index (χ1v) is 7.93. The van der Waals surface area contributed by atoms with Crippen LogP contribution in [0.5, 0.6) is 0 Å². The van der Waals surface area contributed by atoms with Gasteiger partial charge in [0.25, 0.3) is 0 Å². The summed E-state index contributed by atoms with van der Waals surface area (Å²) in [5.41, 5.74) is 0.801. The molecule has 3 nitrogen and oxygen atoms in total. The summed E-state index contributed by atoms with van der Waals surface area (Å²) in [5, 5.41) is 1.01. The minimum absolute atomic E-state index is 0.328. The number of hydrogen-bond acceptors (Lipinski definition) is 3. The molecule has 1 aromatic rings. The Kier molecular flexibility index (Phi) is 4.29. The van der Waals surface area contributed by atoms with Crippen molar-refractivity contribution in [3.05, 3.63) is 40.9 Å². The summed E-state index contributed by atoms with van der Waals surface area (Å²) in [7, 11) is -3.28. The van der Waals surface area contributed by atoms with E-state index in [2.05, 4.69) is 0 Å². The zero-order chi connectivity index (χ0) is 13.2. The average molecular weight is 287 g/mol. The monoisotopic (exact) mass is 286 g/mol. The SMILES string of the molecule is CCO[P@]1(=O)O[C@@H](CC)C(Cl)=C1c1ccccc1. The average Bonchev–Trinajstić information content (AvgIpc) is 2.62. The van der Waals surface area contributed by atoms with Gasteiger partial charge in [-0.2, -0.15) is 0 Å². The van der Waals surface area contributed by atoms with E-state index in [-0.39, 0.29) is 6.10 Å². The van der Waals surface area contributed by atoms with Gasteiger partial charge in [0.05, 0.1) is 17.0 Å². The van der Waals surface area contributed by atoms with Crippen LogP contribution in [0.25, 0.3) is 5.31 Å². The Bertz CT molecular complexity index is 498. The van der Waals surface area contributed by atoms with Crippen LogP contribution in [0.4, 0.5) is 0 Å². The van der Waals surface area contributed by atoms with Gasteiger partial charge in [0.2, 0.25) is 0 Å². The van der Waals surface area contributed by atoms with Crippen molar-refractivity contribution >= 4 is 24.5 Å². The van der Waals surface area contributed by atoms with E-state index < -0.39 is 7.60 Å². The molecule has 0 radical (unpaired) electrons. The zero-order valence-electron chi connectivity index (χ0n) is 10.4. The third kappa shape index (κ3) is 2.41. The Labute approximate surface area is 112 Å². The number of rotatable bonds is 4. The summed E-state index contributed by atoms with van der Waals surface area (Å²) >= 11 is 6.30. The van der Waals surface area contributed by atoms with E-state index >= 15 is 0 Å². The van der Waals surface area contributed by atoms with Crippen LogP contribution in [0.1, 0.15) is 25.8 Å². The fourth-order valence-corrected chi connectivity index (χ4v) is 4.74. The molecule has 18 heavy (non-hydrogen) atoms. The van der Waals surface area contributed by atoms with Crippen molar-refractivity contribution in [3.8, 4) is 0 Å². The van der Waals surface area contributed by atoms with Crippen LogP contribution >= 0.6 is 19.2 Å². The Morgan fingerprint density at radius 3 is 2.56 bits per heavy atom. The van der Waals surface area contributed by atoms with E-state index in [0.29, 0.717) is 23.4 Å². The largest absolute Gasteiger partial charge is 0.363 e. The van der Waals surface area contributed by atoms with Gasteiger partial charge in [0.15, 0.2) is 0 Å². The molecule has 1 aromatic carbocycles. The van der Waals surface area contributed by atoms with E-state index in [9.17, 15) is 4.57 Å². The maximum Gasteiger partial charge on any atom is 0.363 e. The van der Waals surface area contributed by atoms with Crippen LogP contribution < -0.4 is 0 Å². The van der Waals surface area contributed by atoms with Gasteiger partial charge < -0.3 is 4.52 Å². The first-order valence-electron chi connectivity index (χ1n) is 6.01. The molecule has 1 heterocycles. The standard InChI is InChI=1S/C13H16ClO3P/c1-3-11-12(14)13(10-8-6-5-7-9-10)18(15,17-11)16-4-2/h5-9,11H,3-4H2,1-2H3/t11-,18-/m0/s1. The number of benzene rings is 1. The molecule has 5 heteroatoms. The lowest BCUT2D eigenvalue weighted by atomic mass is 10.1. The van der Waals surface area contributed by atoms with Crippen LogP contribution in [0, 0.1) is 0 Å². The molecule has 0 bridgehead atoms. The molecule has 98 valence electrons. The van der Waals surface area contributed by atoms with E-state index in [4.69, 9.17) is 20.6 Å². The summed E-state index contributed by atoms with van der Waals surface area (Å²) in [4.78, 5) is 0. The quantitative estimate of drug-likeness (QED) is 0.757. The van der Waals surface area contributed by atoms with E-state index in [1.807, 2.05) is 37.3 Å². The van der Waals surface area contributed by atoms with Crippen molar-refractivity contribution < 1.29 is 13.6 Å². The van der Waals surface area contributed by atoms with Gasteiger partial charge in [-0.1, -0.05) is 48.9 Å². The summed E-state index contributed by atoms with van der Waals surface area (Å²) in [5.74, 6) is 0. The van der Waals surface area contributed by atoms with Crippen LogP contribution in [0.2, 0.25) is 0 Å². The Morgan fingerprint density at radius 2 is 2.00 bits per heavy atom. The van der Waals surface area contributed by atoms with Crippen molar-refractivity contribution in [3.63, 3.8) is 0 Å². The highest BCUT2D eigenvalue weighted by Gasteiger charge is 2.44. The first-order chi connectivity index (χ1) is 8.62. The summed E-state index contributed by atoms with van der Waals surface area (Å²) in [6.07, 6.45) is 0.339. The van der Waals surface area contributed by atoms with E-state index in [0.717, 1.165) is 5.56 Å². The number of halogens is 1. The smallest absolute Gasteiger partial charge is 0.305 e. The molecule has 0 aromatic heterocycles. The fraction of sp³-hybridized carbons (Fsp3) is 0.385. The highest BCUT2D eigenvalue weighted by Crippen LogP contribution is 2.68. The number of hydrogen-bond donors (Lipinski definition) is 0. The van der Waals surface area contributed by atoms with Gasteiger partial charge in [-0.05, 0) is 18.9 Å². The second-order valence-electron chi connectivity index (χ2n) is 3.98. The third-order valence-electron chi connectivity index (χ3n) is 2.77. The zero-order valence-corrected chi connectivity index (χ0v) is 12.1. The van der Waals surface area contributed by atoms with E-state index in [1.165, 1.54) is 0 Å². The van der Waals surface area contributed by atoms with Gasteiger partial charge in [-0.3, -0.25) is 9.09 Å². The lowest BCUT2D eigenvalue weighted by Crippen LogP contribution is -2.04. The van der Waals surface area contributed by atoms with Crippen molar-refractivity contribution in [1.82, 2.24) is 0 Å². The van der Waals surface area contributed by atoms with Gasteiger partial charge in [0.1, 0.15) is 6.10 Å². The molecule has 1 aliphatic heterocycles. The topological polar surface area (TPSA) is 35.5 Å². The summed E-state index contributed by atoms with van der Waals surface area (Å²) < 4.78 is 23.6. The van der Waals surface area contributed by atoms with Crippen molar-refractivity contribution in [2.75, 3.05) is 6.61 Å². The summed E-state index contributed by atoms with van der Waals surface area (Å²) in [6.45, 7) is 4.06. The van der Waals surface area contributed by atoms with Crippen LogP contribution in [-0.4, -0.2) is 12.7 Å². The normalized spacial score (nSPS) is 27.8. The van der Waals surface area contributed by atoms with Crippen molar-refractivity contribution in [2.45, 2.75) is 26.4 Å². The van der Waals surface area contributed by atoms with Gasteiger partial charge in [-0.15, -0.1) is 0 Å². The van der Waals surface area contributed by atoms with Crippen LogP contribution in [0.15, 0.2) is 35.4 Å². The molecule has 1 aliphatic rings. The predicted molar refractivity (Wildman–Crippen MR) is 73.6 cm³/mol. The fourth-order valence-electron chi connectivity index (χ4n) is 1.96. The maximum absolute atomic E-state index is 12.7. The first kappa shape index (κ1) is 13.8. The Hall–Kier alpha value is -0.600. The molecule has 0 saturated heterocycles. The third-order valence-corrected chi connectivity index (χ3v) is 5.51. The van der Waals surface area contributed by atoms with Crippen LogP contribution in [-0.2, 0) is 13.6 Å². The molecule has 2 atom stereocenters. The van der Waals surface area contributed by atoms with Gasteiger partial charge in [-0.25, -0.2) is 0 Å². The molecule has 0 fully saturated rings. The molecular formula is C13H16ClO3P. The minimum atomic E-state index is -3.28. The molecule has 0 saturated carbocycles.